The molecule has 0 aromatic heterocycles. The molecule has 1 atom stereocenters. The topological polar surface area (TPSA) is 85.4 Å². The molecule has 2 heterocycles. The average Bonchev–Trinajstić information content (AvgIpc) is 3.27. The van der Waals surface area contributed by atoms with Gasteiger partial charge in [0, 0.05) is 49.1 Å². The molecule has 1 unspecified atom stereocenters. The zero-order valence-corrected chi connectivity index (χ0v) is 26.5. The average molecular weight is 652 g/mol. The van der Waals surface area contributed by atoms with E-state index in [1.807, 2.05) is 4.90 Å². The number of rotatable bonds is 11. The lowest BCUT2D eigenvalue weighted by Gasteiger charge is -2.36. The van der Waals surface area contributed by atoms with Gasteiger partial charge in [0.15, 0.2) is 5.11 Å². The van der Waals surface area contributed by atoms with Crippen LogP contribution in [0.1, 0.15) is 30.1 Å². The van der Waals surface area contributed by atoms with Crippen LogP contribution in [-0.2, 0) is 14.3 Å². The Kier molecular flexibility index (Phi) is 10.6. The van der Waals surface area contributed by atoms with E-state index in [1.165, 1.54) is 17.0 Å². The summed E-state index contributed by atoms with van der Waals surface area (Å²) in [7, 11) is 0. The minimum Gasteiger partial charge on any atom is -0.462 e. The Hall–Kier alpha value is -4.06. The number of nitrogens with one attached hydrogen (secondary N) is 1. The van der Waals surface area contributed by atoms with Gasteiger partial charge in [0.05, 0.1) is 24.3 Å². The minimum absolute atomic E-state index is 0.0879. The Bertz CT molecular complexity index is 1520. The summed E-state index contributed by atoms with van der Waals surface area (Å²) in [6.45, 7) is 6.64. The van der Waals surface area contributed by atoms with Crippen LogP contribution >= 0.6 is 23.8 Å². The highest BCUT2D eigenvalue weighted by Gasteiger charge is 2.44. The van der Waals surface area contributed by atoms with Crippen LogP contribution in [0.4, 0.5) is 21.5 Å². The second-order valence-electron chi connectivity index (χ2n) is 10.9. The smallest absolute Gasteiger partial charge is 0.338 e. The fourth-order valence-corrected chi connectivity index (χ4v) is 6.09. The summed E-state index contributed by atoms with van der Waals surface area (Å²) in [6.07, 6.45) is 0.643. The van der Waals surface area contributed by atoms with E-state index in [4.69, 9.17) is 28.6 Å². The maximum Gasteiger partial charge on any atom is 0.338 e. The van der Waals surface area contributed by atoms with E-state index in [0.717, 1.165) is 44.8 Å². The molecule has 2 amide bonds. The van der Waals surface area contributed by atoms with Gasteiger partial charge in [-0.1, -0.05) is 11.6 Å². The maximum atomic E-state index is 13.8. The number of nitrogens with zero attached hydrogens (tertiary/aromatic N) is 4. The Morgan fingerprint density at radius 2 is 1.58 bits per heavy atom. The van der Waals surface area contributed by atoms with Crippen LogP contribution in [-0.4, -0.2) is 84.6 Å². The number of benzene rings is 3. The Labute approximate surface area is 272 Å². The molecule has 12 heteroatoms. The predicted molar refractivity (Wildman–Crippen MR) is 177 cm³/mol. The molecule has 2 saturated heterocycles. The van der Waals surface area contributed by atoms with Crippen LogP contribution in [0.3, 0.4) is 0 Å². The number of hydrogen-bond donors (Lipinski definition) is 1. The van der Waals surface area contributed by atoms with Crippen molar-refractivity contribution >= 4 is 63.8 Å². The lowest BCUT2D eigenvalue weighted by Crippen LogP contribution is -2.47. The third-order valence-corrected chi connectivity index (χ3v) is 8.57. The molecule has 1 N–H and O–H groups in total. The summed E-state index contributed by atoms with van der Waals surface area (Å²) < 4.78 is 18.4. The first kappa shape index (κ1) is 32.3. The van der Waals surface area contributed by atoms with Crippen molar-refractivity contribution in [2.75, 3.05) is 61.0 Å². The zero-order valence-electron chi connectivity index (χ0n) is 25.0. The number of ether oxygens (including phenoxy) is 1. The summed E-state index contributed by atoms with van der Waals surface area (Å²) in [4.78, 5) is 46.9. The van der Waals surface area contributed by atoms with E-state index in [9.17, 15) is 18.8 Å². The molecule has 236 valence electrons. The van der Waals surface area contributed by atoms with Crippen LogP contribution in [0.2, 0.25) is 5.02 Å². The van der Waals surface area contributed by atoms with Gasteiger partial charge in [0.1, 0.15) is 11.9 Å². The van der Waals surface area contributed by atoms with Crippen LogP contribution in [0.5, 0.6) is 0 Å². The van der Waals surface area contributed by atoms with Gasteiger partial charge in [-0.05, 0) is 105 Å². The van der Waals surface area contributed by atoms with Crippen molar-refractivity contribution in [3.63, 3.8) is 0 Å². The lowest BCUT2D eigenvalue weighted by atomic mass is 10.1. The second kappa shape index (κ2) is 14.8. The van der Waals surface area contributed by atoms with E-state index < -0.39 is 12.0 Å². The highest BCUT2D eigenvalue weighted by Crippen LogP contribution is 2.28. The molecule has 45 heavy (non-hydrogen) atoms. The van der Waals surface area contributed by atoms with Gasteiger partial charge in [-0.15, -0.1) is 0 Å². The van der Waals surface area contributed by atoms with E-state index in [2.05, 4.69) is 15.1 Å². The van der Waals surface area contributed by atoms with Gasteiger partial charge in [-0.3, -0.25) is 19.4 Å². The van der Waals surface area contributed by atoms with Gasteiger partial charge in [0.2, 0.25) is 5.91 Å². The van der Waals surface area contributed by atoms with Gasteiger partial charge in [-0.2, -0.15) is 0 Å². The monoisotopic (exact) mass is 651 g/mol. The predicted octanol–water partition coefficient (Wildman–Crippen LogP) is 5.20. The molecule has 2 aliphatic heterocycles. The minimum atomic E-state index is -0.787. The number of hydrogen-bond acceptors (Lipinski definition) is 7. The van der Waals surface area contributed by atoms with Crippen molar-refractivity contribution in [1.82, 2.24) is 9.80 Å². The van der Waals surface area contributed by atoms with Gasteiger partial charge in [-0.25, -0.2) is 9.18 Å². The molecule has 2 aliphatic rings. The second-order valence-corrected chi connectivity index (χ2v) is 11.7. The Morgan fingerprint density at radius 3 is 2.22 bits per heavy atom. The van der Waals surface area contributed by atoms with Crippen molar-refractivity contribution in [3.05, 3.63) is 89.2 Å². The van der Waals surface area contributed by atoms with Gasteiger partial charge in [0.25, 0.3) is 5.91 Å². The summed E-state index contributed by atoms with van der Waals surface area (Å²) in [5, 5.41) is 3.71. The summed E-state index contributed by atoms with van der Waals surface area (Å²) >= 11 is 11.8. The first-order valence-electron chi connectivity index (χ1n) is 14.9. The SMILES string of the molecule is CCOC(=O)c1ccc(N2C(=O)C(CC(=O)Nc3ccc(Cl)cc3)N(CCCN3CCN(c4ccc(F)cc4)CC3)C2=S)cc1. The third kappa shape index (κ3) is 7.97. The standard InChI is InChI=1S/C33H35ClFN5O4S/c1-2-44-32(43)23-4-12-28(13-5-23)40-31(42)29(22-30(41)36-26-10-6-24(34)7-11-26)39(33(40)45)17-3-16-37-18-20-38(21-19-37)27-14-8-25(35)9-15-27/h4-15,29H,2-3,16-22H2,1H3,(H,36,41). The van der Waals surface area contributed by atoms with E-state index in [1.54, 1.807) is 67.6 Å². The molecule has 3 aromatic carbocycles. The number of amides is 2. The van der Waals surface area contributed by atoms with Crippen molar-refractivity contribution in [3.8, 4) is 0 Å². The molecule has 0 spiro atoms. The molecular formula is C33H35ClFN5O4S. The van der Waals surface area contributed by atoms with Crippen molar-refractivity contribution in [1.29, 1.82) is 0 Å². The van der Waals surface area contributed by atoms with Crippen LogP contribution in [0.25, 0.3) is 0 Å². The Morgan fingerprint density at radius 1 is 0.933 bits per heavy atom. The highest BCUT2D eigenvalue weighted by molar-refractivity contribution is 7.80. The maximum absolute atomic E-state index is 13.8. The van der Waals surface area contributed by atoms with Crippen LogP contribution in [0, 0.1) is 5.82 Å². The van der Waals surface area contributed by atoms with E-state index in [-0.39, 0.29) is 30.7 Å². The molecule has 2 fully saturated rings. The van der Waals surface area contributed by atoms with Crippen LogP contribution in [0.15, 0.2) is 72.8 Å². The molecule has 0 aliphatic carbocycles. The Balaban J connectivity index is 1.24. The first-order valence-corrected chi connectivity index (χ1v) is 15.7. The number of carbonyl (C=O) groups excluding carboxylic acids is 3. The number of carbonyl (C=O) groups is 3. The molecular weight excluding hydrogens is 617 g/mol. The fourth-order valence-electron chi connectivity index (χ4n) is 5.55. The molecule has 5 rings (SSSR count). The van der Waals surface area contributed by atoms with Crippen molar-refractivity contribution in [2.45, 2.75) is 25.8 Å². The van der Waals surface area contributed by atoms with Gasteiger partial charge >= 0.3 is 5.97 Å². The number of anilines is 3. The van der Waals surface area contributed by atoms with Crippen molar-refractivity contribution in [2.24, 2.45) is 0 Å². The summed E-state index contributed by atoms with van der Waals surface area (Å²) in [6, 6.07) is 19.0. The fraction of sp³-hybridized carbons (Fsp3) is 0.333. The number of thiocarbonyl (C=S) groups is 1. The molecule has 0 bridgehead atoms. The molecule has 3 aromatic rings. The summed E-state index contributed by atoms with van der Waals surface area (Å²) in [5.74, 6) is -1.32. The lowest BCUT2D eigenvalue weighted by molar-refractivity contribution is -0.124. The van der Waals surface area contributed by atoms with Gasteiger partial charge < -0.3 is 19.9 Å². The molecule has 0 radical (unpaired) electrons. The van der Waals surface area contributed by atoms with E-state index >= 15 is 0 Å². The normalized spacial score (nSPS) is 17.1. The first-order chi connectivity index (χ1) is 21.7. The number of piperazine rings is 1. The third-order valence-electron chi connectivity index (χ3n) is 7.90. The number of halogens is 2. The quantitative estimate of drug-likeness (QED) is 0.224. The zero-order chi connectivity index (χ0) is 31.9. The largest absolute Gasteiger partial charge is 0.462 e. The van der Waals surface area contributed by atoms with Crippen LogP contribution < -0.4 is 15.1 Å². The number of esters is 1. The van der Waals surface area contributed by atoms with Crippen molar-refractivity contribution < 1.29 is 23.5 Å². The highest BCUT2D eigenvalue weighted by atomic mass is 35.5. The molecule has 9 nitrogen and oxygen atoms in total. The summed E-state index contributed by atoms with van der Waals surface area (Å²) in [5.41, 5.74) is 2.47. The van der Waals surface area contributed by atoms with E-state index in [0.29, 0.717) is 33.6 Å². The molecule has 0 saturated carbocycles.